The molecule has 0 aliphatic carbocycles. The van der Waals surface area contributed by atoms with Crippen LogP contribution in [0.2, 0.25) is 0 Å². The van der Waals surface area contributed by atoms with Crippen LogP contribution >= 0.6 is 0 Å². The SMILES string of the molecule is CCNc1ccc(S(=O)(=O)N(C)C)cc1NC(=O)c1n[nH]c2c1CNCC2. The zero-order valence-electron chi connectivity index (χ0n) is 15.6. The van der Waals surface area contributed by atoms with E-state index in [0.29, 0.717) is 30.2 Å². The van der Waals surface area contributed by atoms with Gasteiger partial charge in [-0.05, 0) is 25.1 Å². The molecule has 0 saturated heterocycles. The van der Waals surface area contributed by atoms with Gasteiger partial charge in [-0.3, -0.25) is 9.89 Å². The molecule has 146 valence electrons. The summed E-state index contributed by atoms with van der Waals surface area (Å²) in [6.45, 7) is 3.96. The minimum atomic E-state index is -3.61. The van der Waals surface area contributed by atoms with Crippen molar-refractivity contribution in [1.82, 2.24) is 19.8 Å². The number of aromatic amines is 1. The number of aromatic nitrogens is 2. The summed E-state index contributed by atoms with van der Waals surface area (Å²) in [5.41, 5.74) is 3.16. The topological polar surface area (TPSA) is 119 Å². The summed E-state index contributed by atoms with van der Waals surface area (Å²) >= 11 is 0. The van der Waals surface area contributed by atoms with Crippen LogP contribution in [0.15, 0.2) is 23.1 Å². The predicted octanol–water partition coefficient (Wildman–Crippen LogP) is 0.990. The fraction of sp³-hybridized carbons (Fsp3) is 0.412. The number of hydrogen-bond donors (Lipinski definition) is 4. The largest absolute Gasteiger partial charge is 0.384 e. The van der Waals surface area contributed by atoms with E-state index >= 15 is 0 Å². The van der Waals surface area contributed by atoms with Gasteiger partial charge in [-0.1, -0.05) is 0 Å². The molecule has 1 aliphatic heterocycles. The number of carbonyl (C=O) groups is 1. The molecule has 1 aromatic carbocycles. The van der Waals surface area contributed by atoms with Crippen molar-refractivity contribution in [2.75, 3.05) is 37.8 Å². The molecular formula is C17H24N6O3S. The first-order valence-corrected chi connectivity index (χ1v) is 10.2. The van der Waals surface area contributed by atoms with Crippen molar-refractivity contribution < 1.29 is 13.2 Å². The Balaban J connectivity index is 1.94. The highest BCUT2D eigenvalue weighted by molar-refractivity contribution is 7.89. The van der Waals surface area contributed by atoms with Crippen LogP contribution in [-0.2, 0) is 23.0 Å². The Bertz CT molecular complexity index is 952. The number of carbonyl (C=O) groups excluding carboxylic acids is 1. The summed E-state index contributed by atoms with van der Waals surface area (Å²) in [5.74, 6) is -0.380. The van der Waals surface area contributed by atoms with Crippen molar-refractivity contribution in [2.24, 2.45) is 0 Å². The molecule has 2 heterocycles. The lowest BCUT2D eigenvalue weighted by atomic mass is 10.1. The summed E-state index contributed by atoms with van der Waals surface area (Å²) in [4.78, 5) is 12.9. The fourth-order valence-corrected chi connectivity index (χ4v) is 3.87. The lowest BCUT2D eigenvalue weighted by Gasteiger charge is -2.17. The minimum absolute atomic E-state index is 0.107. The average Bonchev–Trinajstić information content (AvgIpc) is 3.07. The lowest BCUT2D eigenvalue weighted by molar-refractivity contribution is 0.102. The summed E-state index contributed by atoms with van der Waals surface area (Å²) in [5, 5.41) is 16.2. The Kier molecular flexibility index (Phi) is 5.49. The minimum Gasteiger partial charge on any atom is -0.384 e. The van der Waals surface area contributed by atoms with Gasteiger partial charge < -0.3 is 16.0 Å². The van der Waals surface area contributed by atoms with E-state index < -0.39 is 10.0 Å². The Labute approximate surface area is 158 Å². The number of nitrogens with zero attached hydrogens (tertiary/aromatic N) is 2. The first-order chi connectivity index (χ1) is 12.8. The summed E-state index contributed by atoms with van der Waals surface area (Å²) < 4.78 is 26.0. The van der Waals surface area contributed by atoms with E-state index in [0.717, 1.165) is 28.5 Å². The van der Waals surface area contributed by atoms with E-state index in [9.17, 15) is 13.2 Å². The molecule has 3 rings (SSSR count). The molecule has 4 N–H and O–H groups in total. The molecule has 0 saturated carbocycles. The van der Waals surface area contributed by atoms with Crippen molar-refractivity contribution in [3.63, 3.8) is 0 Å². The number of fused-ring (bicyclic) bond motifs is 1. The lowest BCUT2D eigenvalue weighted by Crippen LogP contribution is -2.25. The van der Waals surface area contributed by atoms with Crippen molar-refractivity contribution >= 4 is 27.3 Å². The smallest absolute Gasteiger partial charge is 0.276 e. The van der Waals surface area contributed by atoms with E-state index in [2.05, 4.69) is 26.1 Å². The van der Waals surface area contributed by atoms with Crippen LogP contribution in [0.1, 0.15) is 28.7 Å². The number of rotatable bonds is 6. The number of nitrogens with one attached hydrogen (secondary N) is 4. The number of amides is 1. The number of anilines is 2. The van der Waals surface area contributed by atoms with Crippen LogP contribution in [-0.4, -0.2) is 56.0 Å². The van der Waals surface area contributed by atoms with Gasteiger partial charge in [-0.25, -0.2) is 12.7 Å². The molecule has 0 atom stereocenters. The molecule has 0 spiro atoms. The van der Waals surface area contributed by atoms with Gasteiger partial charge in [0.15, 0.2) is 5.69 Å². The summed E-state index contributed by atoms with van der Waals surface area (Å²) in [6.07, 6.45) is 0.787. The Hall–Kier alpha value is -2.43. The van der Waals surface area contributed by atoms with E-state index in [-0.39, 0.29) is 10.8 Å². The highest BCUT2D eigenvalue weighted by Gasteiger charge is 2.24. The standard InChI is InChI=1S/C17H24N6O3S/c1-4-19-14-6-5-11(27(25,26)23(2)3)9-15(14)20-17(24)16-12-10-18-8-7-13(12)21-22-16/h5-6,9,18-19H,4,7-8,10H2,1-3H3,(H,20,24)(H,21,22). The number of sulfonamides is 1. The summed E-state index contributed by atoms with van der Waals surface area (Å²) in [7, 11) is -0.678. The van der Waals surface area contributed by atoms with E-state index in [1.165, 1.54) is 26.2 Å². The molecule has 0 radical (unpaired) electrons. The van der Waals surface area contributed by atoms with Crippen LogP contribution in [0, 0.1) is 0 Å². The molecule has 27 heavy (non-hydrogen) atoms. The van der Waals surface area contributed by atoms with Gasteiger partial charge in [0.05, 0.1) is 16.3 Å². The van der Waals surface area contributed by atoms with Crippen molar-refractivity contribution in [3.8, 4) is 0 Å². The van der Waals surface area contributed by atoms with Gasteiger partial charge in [0.2, 0.25) is 10.0 Å². The van der Waals surface area contributed by atoms with Gasteiger partial charge in [0.1, 0.15) is 0 Å². The van der Waals surface area contributed by atoms with Gasteiger partial charge in [0, 0.05) is 51.4 Å². The second-order valence-electron chi connectivity index (χ2n) is 6.44. The summed E-state index contributed by atoms with van der Waals surface area (Å²) in [6, 6.07) is 4.63. The maximum absolute atomic E-state index is 12.8. The normalized spacial score (nSPS) is 14.1. The van der Waals surface area contributed by atoms with Crippen LogP contribution in [0.4, 0.5) is 11.4 Å². The quantitative estimate of drug-likeness (QED) is 0.582. The first-order valence-electron chi connectivity index (χ1n) is 8.73. The molecular weight excluding hydrogens is 368 g/mol. The van der Waals surface area contributed by atoms with Crippen LogP contribution in [0.3, 0.4) is 0 Å². The molecule has 10 heteroatoms. The highest BCUT2D eigenvalue weighted by atomic mass is 32.2. The molecule has 1 aromatic heterocycles. The Morgan fingerprint density at radius 3 is 2.78 bits per heavy atom. The third-order valence-corrected chi connectivity index (χ3v) is 6.22. The van der Waals surface area contributed by atoms with E-state index in [1.807, 2.05) is 6.92 Å². The molecule has 0 fully saturated rings. The predicted molar refractivity (Wildman–Crippen MR) is 103 cm³/mol. The number of benzene rings is 1. The Morgan fingerprint density at radius 1 is 1.30 bits per heavy atom. The van der Waals surface area contributed by atoms with Crippen LogP contribution in [0.5, 0.6) is 0 Å². The van der Waals surface area contributed by atoms with Crippen molar-refractivity contribution in [3.05, 3.63) is 35.2 Å². The third kappa shape index (κ3) is 3.82. The molecule has 0 bridgehead atoms. The monoisotopic (exact) mass is 392 g/mol. The van der Waals surface area contributed by atoms with Crippen molar-refractivity contribution in [2.45, 2.75) is 24.8 Å². The average molecular weight is 392 g/mol. The zero-order valence-corrected chi connectivity index (χ0v) is 16.4. The van der Waals surface area contributed by atoms with Crippen molar-refractivity contribution in [1.29, 1.82) is 0 Å². The van der Waals surface area contributed by atoms with Gasteiger partial charge in [-0.2, -0.15) is 5.10 Å². The molecule has 1 aliphatic rings. The van der Waals surface area contributed by atoms with Gasteiger partial charge in [0.25, 0.3) is 5.91 Å². The molecule has 1 amide bonds. The molecule has 0 unspecified atom stereocenters. The highest BCUT2D eigenvalue weighted by Crippen LogP contribution is 2.27. The van der Waals surface area contributed by atoms with Crippen LogP contribution in [0.25, 0.3) is 0 Å². The number of H-pyrrole nitrogens is 1. The second kappa shape index (κ2) is 7.67. The second-order valence-corrected chi connectivity index (χ2v) is 8.59. The van der Waals surface area contributed by atoms with E-state index in [1.54, 1.807) is 6.07 Å². The fourth-order valence-electron chi connectivity index (χ4n) is 2.94. The third-order valence-electron chi connectivity index (χ3n) is 4.41. The van der Waals surface area contributed by atoms with Crippen LogP contribution < -0.4 is 16.0 Å². The Morgan fingerprint density at radius 2 is 2.07 bits per heavy atom. The molecule has 2 aromatic rings. The van der Waals surface area contributed by atoms with E-state index in [4.69, 9.17) is 0 Å². The van der Waals surface area contributed by atoms with Gasteiger partial charge >= 0.3 is 0 Å². The maximum Gasteiger partial charge on any atom is 0.276 e. The zero-order chi connectivity index (χ0) is 19.6. The molecule has 9 nitrogen and oxygen atoms in total. The van der Waals surface area contributed by atoms with Gasteiger partial charge in [-0.15, -0.1) is 0 Å². The number of hydrogen-bond acceptors (Lipinski definition) is 6. The maximum atomic E-state index is 12.8. The first kappa shape index (κ1) is 19.3.